The summed E-state index contributed by atoms with van der Waals surface area (Å²) in [6.45, 7) is 5.10. The number of carbonyl (C=O) groups is 1. The SMILES string of the molecule is CB(O)/N=C(/NB(C)O)N[C@H]1C=C(C)O[C@@H]([C@H](O)C(O)CO)[C@@H]1NC(C)=O. The van der Waals surface area contributed by atoms with Crippen molar-refractivity contribution < 1.29 is 34.9 Å². The molecule has 1 unspecified atom stereocenters. The van der Waals surface area contributed by atoms with Crippen molar-refractivity contribution in [2.75, 3.05) is 6.61 Å². The van der Waals surface area contributed by atoms with E-state index in [4.69, 9.17) is 9.84 Å². The number of amides is 1. The van der Waals surface area contributed by atoms with Gasteiger partial charge in [0.25, 0.3) is 0 Å². The summed E-state index contributed by atoms with van der Waals surface area (Å²) in [5, 5.41) is 56.5. The fraction of sp³-hybridized carbons (Fsp3) is 0.714. The average molecular weight is 386 g/mol. The lowest BCUT2D eigenvalue weighted by Gasteiger charge is -2.41. The predicted molar refractivity (Wildman–Crippen MR) is 101 cm³/mol. The van der Waals surface area contributed by atoms with Crippen LogP contribution in [0.15, 0.2) is 16.7 Å². The topological polar surface area (TPSA) is 176 Å². The Bertz CT molecular complexity index is 562. The number of ether oxygens (including phenoxy) is 1. The van der Waals surface area contributed by atoms with Crippen LogP contribution in [0, 0.1) is 0 Å². The third kappa shape index (κ3) is 7.39. The van der Waals surface area contributed by atoms with Crippen molar-refractivity contribution in [3.05, 3.63) is 11.8 Å². The van der Waals surface area contributed by atoms with Gasteiger partial charge < -0.3 is 46.0 Å². The van der Waals surface area contributed by atoms with E-state index in [0.29, 0.717) is 5.76 Å². The first-order valence-electron chi connectivity index (χ1n) is 8.61. The maximum Gasteiger partial charge on any atom is 0.431 e. The molecule has 152 valence electrons. The van der Waals surface area contributed by atoms with Crippen LogP contribution in [0.5, 0.6) is 0 Å². The Morgan fingerprint density at radius 3 is 2.44 bits per heavy atom. The van der Waals surface area contributed by atoms with Crippen molar-refractivity contribution in [3.8, 4) is 0 Å². The summed E-state index contributed by atoms with van der Waals surface area (Å²) < 4.78 is 5.58. The van der Waals surface area contributed by atoms with Crippen LogP contribution in [0.25, 0.3) is 0 Å². The zero-order valence-corrected chi connectivity index (χ0v) is 15.8. The van der Waals surface area contributed by atoms with Crippen LogP contribution < -0.4 is 15.9 Å². The molecular formula is C14H28B2N4O7. The summed E-state index contributed by atoms with van der Waals surface area (Å²) in [6.07, 6.45) is -2.41. The molecule has 1 rings (SSSR count). The van der Waals surface area contributed by atoms with Gasteiger partial charge in [-0.15, -0.1) is 0 Å². The van der Waals surface area contributed by atoms with Crippen molar-refractivity contribution in [1.29, 1.82) is 0 Å². The molecule has 0 radical (unpaired) electrons. The minimum Gasteiger partial charge on any atom is -0.490 e. The third-order valence-corrected chi connectivity index (χ3v) is 3.73. The predicted octanol–water partition coefficient (Wildman–Crippen LogP) is -3.37. The molecule has 0 spiro atoms. The molecule has 0 fully saturated rings. The number of hydrogen-bond donors (Lipinski definition) is 8. The van der Waals surface area contributed by atoms with Crippen molar-refractivity contribution in [2.24, 2.45) is 4.90 Å². The molecule has 0 aliphatic carbocycles. The Hall–Kier alpha value is -1.79. The van der Waals surface area contributed by atoms with Gasteiger partial charge in [0.1, 0.15) is 18.3 Å². The van der Waals surface area contributed by atoms with E-state index < -0.39 is 57.0 Å². The van der Waals surface area contributed by atoms with E-state index in [2.05, 4.69) is 20.8 Å². The average Bonchev–Trinajstić information content (AvgIpc) is 2.53. The van der Waals surface area contributed by atoms with Crippen molar-refractivity contribution in [3.63, 3.8) is 0 Å². The molecule has 11 nitrogen and oxygen atoms in total. The molecule has 1 heterocycles. The number of carbonyl (C=O) groups excluding carboxylic acids is 1. The van der Waals surface area contributed by atoms with Crippen molar-refractivity contribution >= 4 is 26.0 Å². The van der Waals surface area contributed by atoms with E-state index in [1.807, 2.05) is 0 Å². The van der Waals surface area contributed by atoms with Gasteiger partial charge in [0.15, 0.2) is 5.96 Å². The van der Waals surface area contributed by atoms with Gasteiger partial charge in [0.2, 0.25) is 5.91 Å². The van der Waals surface area contributed by atoms with Crippen LogP contribution in [0.3, 0.4) is 0 Å². The third-order valence-electron chi connectivity index (χ3n) is 3.73. The molecular weight excluding hydrogens is 358 g/mol. The number of aliphatic hydroxyl groups is 3. The van der Waals surface area contributed by atoms with Gasteiger partial charge in [0.05, 0.1) is 24.4 Å². The highest BCUT2D eigenvalue weighted by Crippen LogP contribution is 2.22. The van der Waals surface area contributed by atoms with E-state index in [-0.39, 0.29) is 5.96 Å². The number of aliphatic hydroxyl groups excluding tert-OH is 3. The first-order chi connectivity index (χ1) is 12.5. The Balaban J connectivity index is 3.18. The Kier molecular flexibility index (Phi) is 9.06. The lowest BCUT2D eigenvalue weighted by Crippen LogP contribution is -2.64. The summed E-state index contributed by atoms with van der Waals surface area (Å²) in [7, 11) is -2.04. The summed E-state index contributed by atoms with van der Waals surface area (Å²) in [5.74, 6) is 0.0514. The zero-order valence-electron chi connectivity index (χ0n) is 15.8. The number of hydrogen-bond acceptors (Lipinski definition) is 8. The van der Waals surface area contributed by atoms with E-state index >= 15 is 0 Å². The number of guanidine groups is 1. The van der Waals surface area contributed by atoms with Crippen molar-refractivity contribution in [2.45, 2.75) is 57.9 Å². The largest absolute Gasteiger partial charge is 0.490 e. The summed E-state index contributed by atoms with van der Waals surface area (Å²) in [6, 6.07) is -1.52. The molecule has 0 bridgehead atoms. The van der Waals surface area contributed by atoms with E-state index in [0.717, 1.165) is 0 Å². The van der Waals surface area contributed by atoms with Crippen LogP contribution in [-0.4, -0.2) is 88.3 Å². The smallest absolute Gasteiger partial charge is 0.431 e. The van der Waals surface area contributed by atoms with Gasteiger partial charge in [-0.25, -0.2) is 0 Å². The molecule has 13 heteroatoms. The highest BCUT2D eigenvalue weighted by Gasteiger charge is 2.42. The Morgan fingerprint density at radius 2 is 1.96 bits per heavy atom. The second-order valence-electron chi connectivity index (χ2n) is 6.43. The van der Waals surface area contributed by atoms with E-state index in [1.165, 1.54) is 20.6 Å². The van der Waals surface area contributed by atoms with Crippen LogP contribution in [0.1, 0.15) is 13.8 Å². The summed E-state index contributed by atoms with van der Waals surface area (Å²) >= 11 is 0. The van der Waals surface area contributed by atoms with Gasteiger partial charge in [-0.1, -0.05) is 0 Å². The number of rotatable bonds is 7. The van der Waals surface area contributed by atoms with Gasteiger partial charge in [-0.3, -0.25) is 9.70 Å². The number of nitrogens with zero attached hydrogens (tertiary/aromatic N) is 1. The fourth-order valence-electron chi connectivity index (χ4n) is 2.69. The molecule has 8 N–H and O–H groups in total. The minimum absolute atomic E-state index is 0.0576. The lowest BCUT2D eigenvalue weighted by atomic mass is 9.87. The van der Waals surface area contributed by atoms with E-state index in [1.54, 1.807) is 13.0 Å². The summed E-state index contributed by atoms with van der Waals surface area (Å²) in [5.41, 5.74) is 0. The maximum absolute atomic E-state index is 11.7. The van der Waals surface area contributed by atoms with Gasteiger partial charge >= 0.3 is 14.1 Å². The zero-order chi connectivity index (χ0) is 20.7. The van der Waals surface area contributed by atoms with Crippen LogP contribution in [-0.2, 0) is 9.53 Å². The number of allylic oxidation sites excluding steroid dienone is 1. The molecule has 0 saturated carbocycles. The Morgan fingerprint density at radius 1 is 1.33 bits per heavy atom. The van der Waals surface area contributed by atoms with Crippen LogP contribution in [0.2, 0.25) is 13.6 Å². The van der Waals surface area contributed by atoms with Crippen LogP contribution in [0.4, 0.5) is 0 Å². The second-order valence-corrected chi connectivity index (χ2v) is 6.43. The normalized spacial score (nSPS) is 24.9. The molecule has 0 saturated heterocycles. The van der Waals surface area contributed by atoms with E-state index in [9.17, 15) is 25.1 Å². The van der Waals surface area contributed by atoms with Gasteiger partial charge in [-0.05, 0) is 26.6 Å². The first-order valence-corrected chi connectivity index (χ1v) is 8.61. The first kappa shape index (κ1) is 23.2. The molecule has 0 aromatic heterocycles. The molecule has 0 aromatic rings. The molecule has 1 aliphatic heterocycles. The molecule has 1 amide bonds. The van der Waals surface area contributed by atoms with Gasteiger partial charge in [0, 0.05) is 6.92 Å². The Labute approximate surface area is 158 Å². The monoisotopic (exact) mass is 386 g/mol. The highest BCUT2D eigenvalue weighted by molar-refractivity contribution is 6.52. The maximum atomic E-state index is 11.7. The van der Waals surface area contributed by atoms with Gasteiger partial charge in [-0.2, -0.15) is 0 Å². The van der Waals surface area contributed by atoms with Crippen LogP contribution >= 0.6 is 0 Å². The minimum atomic E-state index is -1.48. The number of nitrogens with one attached hydrogen (secondary N) is 3. The highest BCUT2D eigenvalue weighted by atomic mass is 16.5. The molecule has 1 aliphatic rings. The second kappa shape index (κ2) is 10.5. The molecule has 5 atom stereocenters. The lowest BCUT2D eigenvalue weighted by molar-refractivity contribution is -0.126. The quantitative estimate of drug-likeness (QED) is 0.126. The molecule has 27 heavy (non-hydrogen) atoms. The van der Waals surface area contributed by atoms with Crippen molar-refractivity contribution in [1.82, 2.24) is 15.9 Å². The standard InChI is InChI=1S/C14H28B2N4O7/c1-7-5-9(18-14(19-15(3)25)20-16(4)26)11(17-8(2)22)13(27-7)12(24)10(23)6-21/h5,9-13,21,23-26H,6H2,1-4H3,(H,17,22)(H2,18,19,20)/t9-,10?,11+,12+,13+/m0/s1. The fourth-order valence-corrected chi connectivity index (χ4v) is 2.69. The molecule has 0 aromatic carbocycles. The summed E-state index contributed by atoms with van der Waals surface area (Å²) in [4.78, 5) is 15.6.